The molecule has 1 heterocycles. The van der Waals surface area contributed by atoms with E-state index in [-0.39, 0.29) is 11.1 Å². The van der Waals surface area contributed by atoms with Crippen LogP contribution in [-0.2, 0) is 0 Å². The minimum absolute atomic E-state index is 0.273. The molecule has 104 valence electrons. The summed E-state index contributed by atoms with van der Waals surface area (Å²) >= 11 is 0. The summed E-state index contributed by atoms with van der Waals surface area (Å²) in [5, 5.41) is 11.7. The van der Waals surface area contributed by atoms with Crippen molar-refractivity contribution in [1.29, 1.82) is 0 Å². The molecule has 1 aliphatic rings. The number of nitrogens with zero attached hydrogens (tertiary/aromatic N) is 2. The zero-order chi connectivity index (χ0) is 14.3. The highest BCUT2D eigenvalue weighted by molar-refractivity contribution is 5.89. The van der Waals surface area contributed by atoms with Crippen LogP contribution in [0.25, 0.3) is 0 Å². The Bertz CT molecular complexity index is 466. The summed E-state index contributed by atoms with van der Waals surface area (Å²) in [7, 11) is 0. The fraction of sp³-hybridized carbons (Fsp3) is 0.562. The van der Waals surface area contributed by atoms with Crippen molar-refractivity contribution in [2.45, 2.75) is 58.5 Å². The van der Waals surface area contributed by atoms with E-state index in [1.54, 1.807) is 0 Å². The van der Waals surface area contributed by atoms with Crippen molar-refractivity contribution in [3.05, 3.63) is 29.8 Å². The molecule has 0 atom stereocenters. The third kappa shape index (κ3) is 3.04. The first-order valence-corrected chi connectivity index (χ1v) is 6.83. The molecule has 0 saturated carbocycles. The van der Waals surface area contributed by atoms with Gasteiger partial charge < -0.3 is 5.21 Å². The highest BCUT2D eigenvalue weighted by Crippen LogP contribution is 2.36. The molecule has 0 radical (unpaired) electrons. The van der Waals surface area contributed by atoms with Crippen LogP contribution in [0.5, 0.6) is 0 Å². The summed E-state index contributed by atoms with van der Waals surface area (Å²) in [6.45, 7) is 10.3. The van der Waals surface area contributed by atoms with Gasteiger partial charge in [0.25, 0.3) is 0 Å². The molecule has 1 saturated heterocycles. The predicted molar refractivity (Wildman–Crippen MR) is 79.3 cm³/mol. The molecule has 0 aromatic heterocycles. The number of hydrogen-bond donors (Lipinski definition) is 1. The molecule has 0 unspecified atom stereocenters. The van der Waals surface area contributed by atoms with Gasteiger partial charge in [-0.05, 0) is 46.8 Å². The van der Waals surface area contributed by atoms with Crippen molar-refractivity contribution in [2.75, 3.05) is 0 Å². The molecule has 1 aliphatic heterocycles. The number of hydroxylamine groups is 2. The van der Waals surface area contributed by atoms with Gasteiger partial charge in [0.1, 0.15) is 0 Å². The van der Waals surface area contributed by atoms with Crippen LogP contribution >= 0.6 is 0 Å². The molecule has 1 fully saturated rings. The number of rotatable bonds is 1. The topological polar surface area (TPSA) is 35.8 Å². The van der Waals surface area contributed by atoms with E-state index in [2.05, 4.69) is 46.8 Å². The van der Waals surface area contributed by atoms with Gasteiger partial charge in [0.2, 0.25) is 0 Å². The van der Waals surface area contributed by atoms with Gasteiger partial charge in [0.05, 0.1) is 5.69 Å². The lowest BCUT2D eigenvalue weighted by Gasteiger charge is -2.48. The zero-order valence-electron chi connectivity index (χ0n) is 12.6. The van der Waals surface area contributed by atoms with E-state index in [9.17, 15) is 5.21 Å². The van der Waals surface area contributed by atoms with Gasteiger partial charge in [0, 0.05) is 29.6 Å². The molecule has 1 aromatic carbocycles. The van der Waals surface area contributed by atoms with Crippen molar-refractivity contribution in [3.8, 4) is 0 Å². The molecular weight excluding hydrogens is 236 g/mol. The normalized spacial score (nSPS) is 22.3. The molecule has 1 N–H and O–H groups in total. The first kappa shape index (κ1) is 14.2. The maximum absolute atomic E-state index is 10.3. The first-order chi connectivity index (χ1) is 8.71. The predicted octanol–water partition coefficient (Wildman–Crippen LogP) is 4.11. The van der Waals surface area contributed by atoms with E-state index >= 15 is 0 Å². The number of benzene rings is 1. The quantitative estimate of drug-likeness (QED) is 0.824. The SMILES string of the molecule is Cc1ccc(N=C2CC(C)(C)N(O)C(C)(C)C2)cc1. The van der Waals surface area contributed by atoms with Crippen molar-refractivity contribution in [2.24, 2.45) is 4.99 Å². The maximum Gasteiger partial charge on any atom is 0.0629 e. The summed E-state index contributed by atoms with van der Waals surface area (Å²) in [6.07, 6.45) is 1.58. The molecule has 0 bridgehead atoms. The molecule has 3 nitrogen and oxygen atoms in total. The number of aryl methyl sites for hydroxylation is 1. The van der Waals surface area contributed by atoms with E-state index in [1.807, 2.05) is 12.1 Å². The molecule has 2 rings (SSSR count). The summed E-state index contributed by atoms with van der Waals surface area (Å²) in [5.41, 5.74) is 2.86. The van der Waals surface area contributed by atoms with Gasteiger partial charge >= 0.3 is 0 Å². The summed E-state index contributed by atoms with van der Waals surface area (Å²) in [5.74, 6) is 0. The van der Waals surface area contributed by atoms with Crippen molar-refractivity contribution >= 4 is 11.4 Å². The van der Waals surface area contributed by atoms with Gasteiger partial charge in [-0.25, -0.2) is 0 Å². The van der Waals surface area contributed by atoms with Crippen molar-refractivity contribution < 1.29 is 5.21 Å². The Morgan fingerprint density at radius 3 is 1.95 bits per heavy atom. The molecule has 19 heavy (non-hydrogen) atoms. The smallest absolute Gasteiger partial charge is 0.0629 e. The van der Waals surface area contributed by atoms with Crippen molar-refractivity contribution in [3.63, 3.8) is 0 Å². The molecule has 0 amide bonds. The Morgan fingerprint density at radius 2 is 1.47 bits per heavy atom. The molecule has 3 heteroatoms. The summed E-state index contributed by atoms with van der Waals surface area (Å²) < 4.78 is 0. The lowest BCUT2D eigenvalue weighted by molar-refractivity contribution is -0.226. The van der Waals surface area contributed by atoms with Gasteiger partial charge in [-0.15, -0.1) is 0 Å². The zero-order valence-corrected chi connectivity index (χ0v) is 12.6. The van der Waals surface area contributed by atoms with Gasteiger partial charge in [-0.1, -0.05) is 17.7 Å². The second kappa shape index (κ2) is 4.73. The molecule has 0 spiro atoms. The van der Waals surface area contributed by atoms with Gasteiger partial charge in [-0.3, -0.25) is 4.99 Å². The molecule has 0 aliphatic carbocycles. The van der Waals surface area contributed by atoms with Crippen LogP contribution in [-0.4, -0.2) is 27.1 Å². The standard InChI is InChI=1S/C16H24N2O/c1-12-6-8-13(9-7-12)17-14-10-15(2,3)18(19)16(4,5)11-14/h6-9,19H,10-11H2,1-5H3. The number of aliphatic imine (C=N–C) groups is 1. The van der Waals surface area contributed by atoms with E-state index in [1.165, 1.54) is 10.6 Å². The second-order valence-corrected chi connectivity index (χ2v) is 6.80. The average molecular weight is 260 g/mol. The van der Waals surface area contributed by atoms with E-state index in [0.29, 0.717) is 0 Å². The lowest BCUT2D eigenvalue weighted by Crippen LogP contribution is -2.59. The Morgan fingerprint density at radius 1 is 1.00 bits per heavy atom. The minimum atomic E-state index is -0.273. The largest absolute Gasteiger partial charge is 0.313 e. The van der Waals surface area contributed by atoms with Gasteiger partial charge in [0.15, 0.2) is 0 Å². The fourth-order valence-corrected chi connectivity index (χ4v) is 2.91. The maximum atomic E-state index is 10.3. The summed E-state index contributed by atoms with van der Waals surface area (Å²) in [4.78, 5) is 4.76. The summed E-state index contributed by atoms with van der Waals surface area (Å²) in [6, 6.07) is 8.26. The van der Waals surface area contributed by atoms with Crippen LogP contribution in [0.1, 0.15) is 46.1 Å². The Kier molecular flexibility index (Phi) is 3.54. The third-order valence-electron chi connectivity index (χ3n) is 3.74. The second-order valence-electron chi connectivity index (χ2n) is 6.80. The van der Waals surface area contributed by atoms with E-state index in [4.69, 9.17) is 4.99 Å². The Balaban J connectivity index is 2.28. The van der Waals surface area contributed by atoms with Crippen molar-refractivity contribution in [1.82, 2.24) is 5.06 Å². The molecular formula is C16H24N2O. The third-order valence-corrected chi connectivity index (χ3v) is 3.74. The van der Waals surface area contributed by atoms with E-state index in [0.717, 1.165) is 24.2 Å². The highest BCUT2D eigenvalue weighted by Gasteiger charge is 2.43. The number of piperidine rings is 1. The fourth-order valence-electron chi connectivity index (χ4n) is 2.91. The molecule has 1 aromatic rings. The van der Waals surface area contributed by atoms with Crippen LogP contribution in [0.3, 0.4) is 0 Å². The Labute approximate surface area is 115 Å². The van der Waals surface area contributed by atoms with Crippen LogP contribution in [0.15, 0.2) is 29.3 Å². The van der Waals surface area contributed by atoms with E-state index < -0.39 is 0 Å². The Hall–Kier alpha value is -1.19. The van der Waals surface area contributed by atoms with Crippen LogP contribution in [0.4, 0.5) is 5.69 Å². The van der Waals surface area contributed by atoms with Crippen LogP contribution in [0, 0.1) is 6.92 Å². The average Bonchev–Trinajstić information content (AvgIpc) is 2.28. The monoisotopic (exact) mass is 260 g/mol. The number of hydrogen-bond acceptors (Lipinski definition) is 3. The lowest BCUT2D eigenvalue weighted by atomic mass is 9.80. The highest BCUT2D eigenvalue weighted by atomic mass is 16.5. The first-order valence-electron chi connectivity index (χ1n) is 6.83. The van der Waals surface area contributed by atoms with Crippen LogP contribution in [0.2, 0.25) is 0 Å². The minimum Gasteiger partial charge on any atom is -0.313 e. The van der Waals surface area contributed by atoms with Crippen LogP contribution < -0.4 is 0 Å². The van der Waals surface area contributed by atoms with Gasteiger partial charge in [-0.2, -0.15) is 5.06 Å².